The van der Waals surface area contributed by atoms with Crippen LogP contribution in [-0.4, -0.2) is 0 Å². The smallest absolute Gasteiger partial charge is 0.145 e. The first-order chi connectivity index (χ1) is 12.3. The van der Waals surface area contributed by atoms with Crippen molar-refractivity contribution in [1.82, 2.24) is 0 Å². The van der Waals surface area contributed by atoms with Gasteiger partial charge in [-0.25, -0.2) is 0 Å². The normalized spacial score (nSPS) is 11.0. The van der Waals surface area contributed by atoms with Crippen LogP contribution in [0.1, 0.15) is 16.9 Å². The van der Waals surface area contributed by atoms with Gasteiger partial charge in [0.05, 0.1) is 5.56 Å². The minimum atomic E-state index is 0.538. The van der Waals surface area contributed by atoms with Gasteiger partial charge >= 0.3 is 0 Å². The first-order valence-electron chi connectivity index (χ1n) is 8.10. The van der Waals surface area contributed by atoms with Gasteiger partial charge in [0.1, 0.15) is 17.6 Å². The SMILES string of the molecule is N#Cc1cc(-c2ccccc2)oc1/C=C/c1ccc2ccccc2c1. The topological polar surface area (TPSA) is 36.9 Å². The highest BCUT2D eigenvalue weighted by molar-refractivity contribution is 5.86. The molecule has 0 unspecified atom stereocenters. The van der Waals surface area contributed by atoms with Crippen LogP contribution >= 0.6 is 0 Å². The fourth-order valence-corrected chi connectivity index (χ4v) is 2.84. The van der Waals surface area contributed by atoms with E-state index >= 15 is 0 Å². The predicted molar refractivity (Wildman–Crippen MR) is 102 cm³/mol. The zero-order chi connectivity index (χ0) is 17.1. The summed E-state index contributed by atoms with van der Waals surface area (Å²) in [7, 11) is 0. The van der Waals surface area contributed by atoms with Crippen molar-refractivity contribution in [2.75, 3.05) is 0 Å². The molecule has 0 saturated carbocycles. The predicted octanol–water partition coefficient (Wildman–Crippen LogP) is 6.14. The molecule has 0 saturated heterocycles. The average Bonchev–Trinajstić information content (AvgIpc) is 3.10. The van der Waals surface area contributed by atoms with Gasteiger partial charge < -0.3 is 4.42 Å². The van der Waals surface area contributed by atoms with E-state index in [9.17, 15) is 5.26 Å². The van der Waals surface area contributed by atoms with Gasteiger partial charge in [-0.2, -0.15) is 5.26 Å². The van der Waals surface area contributed by atoms with E-state index in [-0.39, 0.29) is 0 Å². The summed E-state index contributed by atoms with van der Waals surface area (Å²) < 4.78 is 5.89. The van der Waals surface area contributed by atoms with Crippen LogP contribution < -0.4 is 0 Å². The molecule has 0 aliphatic carbocycles. The summed E-state index contributed by atoms with van der Waals surface area (Å²) in [5, 5.41) is 11.8. The summed E-state index contributed by atoms with van der Waals surface area (Å²) in [5.74, 6) is 1.28. The van der Waals surface area contributed by atoms with Gasteiger partial charge in [0.15, 0.2) is 0 Å². The first-order valence-corrected chi connectivity index (χ1v) is 8.10. The largest absolute Gasteiger partial charge is 0.455 e. The molecule has 0 fully saturated rings. The minimum absolute atomic E-state index is 0.538. The third kappa shape index (κ3) is 3.08. The maximum atomic E-state index is 9.37. The number of fused-ring (bicyclic) bond motifs is 1. The van der Waals surface area contributed by atoms with E-state index in [4.69, 9.17) is 4.42 Å². The number of nitrogens with zero attached hydrogens (tertiary/aromatic N) is 1. The summed E-state index contributed by atoms with van der Waals surface area (Å²) in [6, 6.07) is 28.3. The number of furan rings is 1. The van der Waals surface area contributed by atoms with Gasteiger partial charge in [-0.1, -0.05) is 72.8 Å². The zero-order valence-electron chi connectivity index (χ0n) is 13.5. The maximum Gasteiger partial charge on any atom is 0.145 e. The summed E-state index contributed by atoms with van der Waals surface area (Å²) in [6.07, 6.45) is 3.83. The molecular weight excluding hydrogens is 306 g/mol. The van der Waals surface area contributed by atoms with Crippen LogP contribution in [0, 0.1) is 11.3 Å². The third-order valence-electron chi connectivity index (χ3n) is 4.14. The maximum absolute atomic E-state index is 9.37. The van der Waals surface area contributed by atoms with Gasteiger partial charge in [0.25, 0.3) is 0 Å². The Balaban J connectivity index is 1.68. The van der Waals surface area contributed by atoms with Crippen molar-refractivity contribution >= 4 is 22.9 Å². The molecule has 2 heteroatoms. The fraction of sp³-hybridized carbons (Fsp3) is 0. The van der Waals surface area contributed by atoms with Crippen LogP contribution in [0.25, 0.3) is 34.2 Å². The molecule has 0 aliphatic heterocycles. The van der Waals surface area contributed by atoms with Crippen molar-refractivity contribution in [3.63, 3.8) is 0 Å². The van der Waals surface area contributed by atoms with Crippen molar-refractivity contribution in [2.24, 2.45) is 0 Å². The molecule has 2 nitrogen and oxygen atoms in total. The van der Waals surface area contributed by atoms with Gasteiger partial charge in [0.2, 0.25) is 0 Å². The molecule has 0 spiro atoms. The Kier molecular flexibility index (Phi) is 3.90. The summed E-state index contributed by atoms with van der Waals surface area (Å²) >= 11 is 0. The Hall–Kier alpha value is -3.57. The van der Waals surface area contributed by atoms with Crippen LogP contribution in [0.4, 0.5) is 0 Å². The Morgan fingerprint density at radius 2 is 1.52 bits per heavy atom. The molecular formula is C23H15NO. The number of rotatable bonds is 3. The third-order valence-corrected chi connectivity index (χ3v) is 4.14. The molecule has 0 N–H and O–H groups in total. The van der Waals surface area contributed by atoms with Crippen molar-refractivity contribution in [3.05, 3.63) is 95.7 Å². The Labute approximate surface area is 146 Å². The highest BCUT2D eigenvalue weighted by atomic mass is 16.3. The van der Waals surface area contributed by atoms with E-state index in [1.54, 1.807) is 6.07 Å². The lowest BCUT2D eigenvalue weighted by Gasteiger charge is -1.99. The lowest BCUT2D eigenvalue weighted by atomic mass is 10.1. The second kappa shape index (κ2) is 6.51. The first kappa shape index (κ1) is 15.0. The van der Waals surface area contributed by atoms with Crippen LogP contribution in [0.15, 0.2) is 83.3 Å². The molecule has 4 rings (SSSR count). The molecule has 3 aromatic carbocycles. The molecule has 118 valence electrons. The number of nitriles is 1. The lowest BCUT2D eigenvalue weighted by molar-refractivity contribution is 0.571. The molecule has 0 bridgehead atoms. The number of benzene rings is 3. The van der Waals surface area contributed by atoms with E-state index in [2.05, 4.69) is 36.4 Å². The van der Waals surface area contributed by atoms with Crippen LogP contribution in [0.3, 0.4) is 0 Å². The van der Waals surface area contributed by atoms with E-state index in [0.717, 1.165) is 11.1 Å². The van der Waals surface area contributed by atoms with Gasteiger partial charge in [-0.05, 0) is 28.5 Å². The molecule has 1 aromatic heterocycles. The van der Waals surface area contributed by atoms with Gasteiger partial charge in [0, 0.05) is 11.6 Å². The Bertz CT molecular complexity index is 1100. The summed E-state index contributed by atoms with van der Waals surface area (Å²) in [4.78, 5) is 0. The molecule has 0 amide bonds. The van der Waals surface area contributed by atoms with Crippen molar-refractivity contribution < 1.29 is 4.42 Å². The monoisotopic (exact) mass is 321 g/mol. The van der Waals surface area contributed by atoms with Crippen molar-refractivity contribution in [2.45, 2.75) is 0 Å². The van der Waals surface area contributed by atoms with Crippen LogP contribution in [-0.2, 0) is 0 Å². The quantitative estimate of drug-likeness (QED) is 0.454. The van der Waals surface area contributed by atoms with E-state index in [0.29, 0.717) is 17.1 Å². The van der Waals surface area contributed by atoms with Gasteiger partial charge in [-0.3, -0.25) is 0 Å². The van der Waals surface area contributed by atoms with E-state index < -0.39 is 0 Å². The van der Waals surface area contributed by atoms with Crippen LogP contribution in [0.2, 0.25) is 0 Å². The lowest BCUT2D eigenvalue weighted by Crippen LogP contribution is -1.76. The van der Waals surface area contributed by atoms with E-state index in [1.165, 1.54) is 10.8 Å². The van der Waals surface area contributed by atoms with Gasteiger partial charge in [-0.15, -0.1) is 0 Å². The average molecular weight is 321 g/mol. The highest BCUT2D eigenvalue weighted by Gasteiger charge is 2.09. The minimum Gasteiger partial charge on any atom is -0.455 e. The molecule has 0 aliphatic rings. The molecule has 25 heavy (non-hydrogen) atoms. The molecule has 1 heterocycles. The zero-order valence-corrected chi connectivity index (χ0v) is 13.5. The fourth-order valence-electron chi connectivity index (χ4n) is 2.84. The van der Waals surface area contributed by atoms with Crippen molar-refractivity contribution in [1.29, 1.82) is 5.26 Å². The second-order valence-corrected chi connectivity index (χ2v) is 5.81. The number of hydrogen-bond donors (Lipinski definition) is 0. The number of hydrogen-bond acceptors (Lipinski definition) is 2. The summed E-state index contributed by atoms with van der Waals surface area (Å²) in [6.45, 7) is 0. The standard InChI is InChI=1S/C23H15NO/c24-16-21-15-23(19-7-2-1-3-8-19)25-22(21)13-11-17-10-12-18-6-4-5-9-20(18)14-17/h1-15H/b13-11+. The molecule has 0 atom stereocenters. The Morgan fingerprint density at radius 1 is 0.760 bits per heavy atom. The van der Waals surface area contributed by atoms with Crippen molar-refractivity contribution in [3.8, 4) is 17.4 Å². The van der Waals surface area contributed by atoms with E-state index in [1.807, 2.05) is 54.6 Å². The second-order valence-electron chi connectivity index (χ2n) is 5.81. The Morgan fingerprint density at radius 3 is 2.32 bits per heavy atom. The van der Waals surface area contributed by atoms with Crippen LogP contribution in [0.5, 0.6) is 0 Å². The summed E-state index contributed by atoms with van der Waals surface area (Å²) in [5.41, 5.74) is 2.57. The molecule has 0 radical (unpaired) electrons. The molecule has 4 aromatic rings. The highest BCUT2D eigenvalue weighted by Crippen LogP contribution is 2.27.